The van der Waals surface area contributed by atoms with Crippen LogP contribution in [0.3, 0.4) is 0 Å². The van der Waals surface area contributed by atoms with E-state index < -0.39 is 0 Å². The molecule has 2 aromatic heterocycles. The second-order valence-electron chi connectivity index (χ2n) is 2.61. The molecule has 4 nitrogen and oxygen atoms in total. The van der Waals surface area contributed by atoms with Crippen LogP contribution in [0.15, 0.2) is 18.6 Å². The first-order valence-corrected chi connectivity index (χ1v) is 3.82. The topological polar surface area (TPSA) is 50.4 Å². The molecule has 0 aliphatic heterocycles. The molecule has 0 bridgehead atoms. The Morgan fingerprint density at radius 1 is 1.50 bits per heavy atom. The summed E-state index contributed by atoms with van der Waals surface area (Å²) < 4.78 is 1.72. The normalized spacial score (nSPS) is 10.8. The number of nitrogens with zero attached hydrogens (tertiary/aromatic N) is 3. The maximum absolute atomic E-state index is 9.10. The van der Waals surface area contributed by atoms with Crippen LogP contribution >= 0.6 is 0 Å². The maximum Gasteiger partial charge on any atom is 0.234 e. The van der Waals surface area contributed by atoms with E-state index in [0.717, 1.165) is 12.1 Å². The molecule has 62 valence electrons. The van der Waals surface area contributed by atoms with E-state index in [1.54, 1.807) is 10.6 Å². The Morgan fingerprint density at radius 3 is 3.08 bits per heavy atom. The van der Waals surface area contributed by atoms with Gasteiger partial charge in [-0.25, -0.2) is 9.97 Å². The van der Waals surface area contributed by atoms with E-state index in [2.05, 4.69) is 9.97 Å². The van der Waals surface area contributed by atoms with Crippen molar-refractivity contribution in [3.63, 3.8) is 0 Å². The van der Waals surface area contributed by atoms with Crippen molar-refractivity contribution in [2.45, 2.75) is 13.3 Å². The SMILES string of the molecule is CCc1cn2cc(O)cnc2n1. The van der Waals surface area contributed by atoms with Crippen LogP contribution in [0, 0.1) is 0 Å². The molecular formula is C8H9N3O. The van der Waals surface area contributed by atoms with Crippen molar-refractivity contribution >= 4 is 5.78 Å². The fourth-order valence-electron chi connectivity index (χ4n) is 1.09. The Bertz CT molecular complexity index is 408. The van der Waals surface area contributed by atoms with Crippen LogP contribution in [0.25, 0.3) is 5.78 Å². The first-order valence-electron chi connectivity index (χ1n) is 3.82. The lowest BCUT2D eigenvalue weighted by Gasteiger charge is -1.91. The highest BCUT2D eigenvalue weighted by Crippen LogP contribution is 2.08. The van der Waals surface area contributed by atoms with Gasteiger partial charge in [-0.15, -0.1) is 0 Å². The van der Waals surface area contributed by atoms with Gasteiger partial charge in [-0.05, 0) is 6.42 Å². The summed E-state index contributed by atoms with van der Waals surface area (Å²) >= 11 is 0. The largest absolute Gasteiger partial charge is 0.505 e. The van der Waals surface area contributed by atoms with Crippen LogP contribution in [-0.2, 0) is 6.42 Å². The standard InChI is InChI=1S/C8H9N3O/c1-2-6-4-11-5-7(12)3-9-8(11)10-6/h3-5,12H,2H2,1H3. The van der Waals surface area contributed by atoms with E-state index in [1.165, 1.54) is 6.20 Å². The average molecular weight is 163 g/mol. The number of aromatic hydroxyl groups is 1. The first-order chi connectivity index (χ1) is 5.79. The molecule has 1 N–H and O–H groups in total. The van der Waals surface area contributed by atoms with Crippen molar-refractivity contribution in [3.05, 3.63) is 24.3 Å². The van der Waals surface area contributed by atoms with E-state index in [9.17, 15) is 0 Å². The van der Waals surface area contributed by atoms with Gasteiger partial charge < -0.3 is 5.11 Å². The summed E-state index contributed by atoms with van der Waals surface area (Å²) in [6.45, 7) is 2.03. The van der Waals surface area contributed by atoms with E-state index >= 15 is 0 Å². The number of hydrogen-bond acceptors (Lipinski definition) is 3. The van der Waals surface area contributed by atoms with Crippen LogP contribution in [0.5, 0.6) is 5.75 Å². The monoisotopic (exact) mass is 163 g/mol. The van der Waals surface area contributed by atoms with Crippen LogP contribution in [0.4, 0.5) is 0 Å². The minimum Gasteiger partial charge on any atom is -0.505 e. The van der Waals surface area contributed by atoms with Crippen LogP contribution in [0.1, 0.15) is 12.6 Å². The Hall–Kier alpha value is -1.58. The molecule has 2 aromatic rings. The van der Waals surface area contributed by atoms with E-state index in [4.69, 9.17) is 5.11 Å². The van der Waals surface area contributed by atoms with Gasteiger partial charge >= 0.3 is 0 Å². The molecular weight excluding hydrogens is 154 g/mol. The van der Waals surface area contributed by atoms with Crippen molar-refractivity contribution in [2.24, 2.45) is 0 Å². The second kappa shape index (κ2) is 2.48. The van der Waals surface area contributed by atoms with Crippen LogP contribution in [-0.4, -0.2) is 19.5 Å². The third kappa shape index (κ3) is 1.01. The number of fused-ring (bicyclic) bond motifs is 1. The maximum atomic E-state index is 9.10. The zero-order valence-electron chi connectivity index (χ0n) is 6.73. The number of aryl methyl sites for hydroxylation is 1. The van der Waals surface area contributed by atoms with Crippen molar-refractivity contribution in [1.82, 2.24) is 14.4 Å². The summed E-state index contributed by atoms with van der Waals surface area (Å²) in [6.07, 6.45) is 5.72. The van der Waals surface area contributed by atoms with Gasteiger partial charge in [0.25, 0.3) is 0 Å². The summed E-state index contributed by atoms with van der Waals surface area (Å²) in [5.41, 5.74) is 0.980. The van der Waals surface area contributed by atoms with Gasteiger partial charge in [0.15, 0.2) is 5.75 Å². The molecule has 0 fully saturated rings. The lowest BCUT2D eigenvalue weighted by molar-refractivity contribution is 0.469. The Labute approximate surface area is 69.5 Å². The summed E-state index contributed by atoms with van der Waals surface area (Å²) in [4.78, 5) is 8.16. The lowest BCUT2D eigenvalue weighted by atomic mass is 10.4. The highest BCUT2D eigenvalue weighted by molar-refractivity contribution is 5.32. The van der Waals surface area contributed by atoms with Gasteiger partial charge in [0.2, 0.25) is 5.78 Å². The third-order valence-corrected chi connectivity index (χ3v) is 1.71. The number of rotatable bonds is 1. The zero-order chi connectivity index (χ0) is 8.55. The Morgan fingerprint density at radius 2 is 2.33 bits per heavy atom. The van der Waals surface area contributed by atoms with E-state index in [-0.39, 0.29) is 5.75 Å². The highest BCUT2D eigenvalue weighted by atomic mass is 16.3. The molecule has 0 atom stereocenters. The highest BCUT2D eigenvalue weighted by Gasteiger charge is 2.00. The van der Waals surface area contributed by atoms with Crippen LogP contribution in [0.2, 0.25) is 0 Å². The Kier molecular flexibility index (Phi) is 1.46. The van der Waals surface area contributed by atoms with Gasteiger partial charge in [0.1, 0.15) is 0 Å². The number of imidazole rings is 1. The molecule has 0 saturated heterocycles. The molecule has 0 unspecified atom stereocenters. The quantitative estimate of drug-likeness (QED) is 0.682. The molecule has 0 amide bonds. The van der Waals surface area contributed by atoms with Gasteiger partial charge in [0.05, 0.1) is 18.1 Å². The predicted molar refractivity (Wildman–Crippen MR) is 44.0 cm³/mol. The minimum atomic E-state index is 0.155. The summed E-state index contributed by atoms with van der Waals surface area (Å²) in [6, 6.07) is 0. The first kappa shape index (κ1) is 7.09. The van der Waals surface area contributed by atoms with E-state index in [0.29, 0.717) is 5.78 Å². The molecule has 4 heteroatoms. The van der Waals surface area contributed by atoms with Gasteiger partial charge in [-0.2, -0.15) is 0 Å². The summed E-state index contributed by atoms with van der Waals surface area (Å²) in [5, 5.41) is 9.10. The molecule has 2 heterocycles. The van der Waals surface area contributed by atoms with E-state index in [1.807, 2.05) is 13.1 Å². The third-order valence-electron chi connectivity index (χ3n) is 1.71. The minimum absolute atomic E-state index is 0.155. The molecule has 0 aliphatic carbocycles. The molecule has 0 aliphatic rings. The molecule has 0 saturated carbocycles. The fourth-order valence-corrected chi connectivity index (χ4v) is 1.09. The zero-order valence-corrected chi connectivity index (χ0v) is 6.73. The Balaban J connectivity index is 2.67. The van der Waals surface area contributed by atoms with Gasteiger partial charge in [-0.1, -0.05) is 6.92 Å². The predicted octanol–water partition coefficient (Wildman–Crippen LogP) is 0.997. The fraction of sp³-hybridized carbons (Fsp3) is 0.250. The van der Waals surface area contributed by atoms with Crippen molar-refractivity contribution in [3.8, 4) is 5.75 Å². The van der Waals surface area contributed by atoms with Gasteiger partial charge in [-0.3, -0.25) is 4.40 Å². The average Bonchev–Trinajstić information content (AvgIpc) is 2.46. The number of hydrogen-bond donors (Lipinski definition) is 1. The number of aromatic nitrogens is 3. The van der Waals surface area contributed by atoms with Crippen molar-refractivity contribution in [1.29, 1.82) is 0 Å². The van der Waals surface area contributed by atoms with Crippen molar-refractivity contribution in [2.75, 3.05) is 0 Å². The summed E-state index contributed by atoms with van der Waals surface area (Å²) in [7, 11) is 0. The van der Waals surface area contributed by atoms with Crippen LogP contribution < -0.4 is 0 Å². The lowest BCUT2D eigenvalue weighted by Crippen LogP contribution is -1.84. The molecule has 0 radical (unpaired) electrons. The molecule has 0 spiro atoms. The molecule has 2 rings (SSSR count). The smallest absolute Gasteiger partial charge is 0.234 e. The summed E-state index contributed by atoms with van der Waals surface area (Å²) in [5.74, 6) is 0.784. The van der Waals surface area contributed by atoms with Crippen molar-refractivity contribution < 1.29 is 5.11 Å². The second-order valence-corrected chi connectivity index (χ2v) is 2.61. The molecule has 0 aromatic carbocycles. The van der Waals surface area contributed by atoms with Gasteiger partial charge in [0, 0.05) is 6.20 Å². The molecule has 12 heavy (non-hydrogen) atoms.